The zero-order valence-electron chi connectivity index (χ0n) is 11.4. The van der Waals surface area contributed by atoms with E-state index in [1.807, 2.05) is 17.0 Å². The zero-order valence-corrected chi connectivity index (χ0v) is 12.9. The number of carbonyl (C=O) groups is 1. The minimum absolute atomic E-state index is 0.141. The largest absolute Gasteiger partial charge is 0.342 e. The van der Waals surface area contributed by atoms with Crippen molar-refractivity contribution in [2.45, 2.75) is 24.5 Å². The number of rotatable bonds is 4. The highest BCUT2D eigenvalue weighted by atomic mass is 35.5. The molecule has 1 unspecified atom stereocenters. The molecule has 110 valence electrons. The molecule has 1 heterocycles. The van der Waals surface area contributed by atoms with Crippen molar-refractivity contribution in [1.29, 1.82) is 0 Å². The van der Waals surface area contributed by atoms with Crippen LogP contribution in [0.4, 0.5) is 4.39 Å². The van der Waals surface area contributed by atoms with E-state index in [1.54, 1.807) is 17.8 Å². The Labute approximate surface area is 128 Å². The molecule has 1 aliphatic heterocycles. The summed E-state index contributed by atoms with van der Waals surface area (Å²) in [6.45, 7) is 1.45. The van der Waals surface area contributed by atoms with Gasteiger partial charge in [0, 0.05) is 42.0 Å². The fourth-order valence-corrected chi connectivity index (χ4v) is 3.77. The summed E-state index contributed by atoms with van der Waals surface area (Å²) in [5.41, 5.74) is 0.757. The Balaban J connectivity index is 1.95. The van der Waals surface area contributed by atoms with E-state index in [1.165, 1.54) is 6.07 Å². The number of thioether (sulfide) groups is 1. The van der Waals surface area contributed by atoms with E-state index in [2.05, 4.69) is 0 Å². The van der Waals surface area contributed by atoms with Crippen LogP contribution in [0.25, 0.3) is 0 Å². The highest BCUT2D eigenvalue weighted by molar-refractivity contribution is 7.99. The summed E-state index contributed by atoms with van der Waals surface area (Å²) in [5, 5.41) is 0.141. The van der Waals surface area contributed by atoms with Crippen LogP contribution in [0.5, 0.6) is 0 Å². The molecule has 5 heteroatoms. The minimum Gasteiger partial charge on any atom is -0.342 e. The molecule has 20 heavy (non-hydrogen) atoms. The number of nitrogens with zero attached hydrogens (tertiary/aromatic N) is 1. The van der Waals surface area contributed by atoms with Crippen LogP contribution >= 0.6 is 23.4 Å². The monoisotopic (exact) mass is 315 g/mol. The number of halogens is 2. The van der Waals surface area contributed by atoms with Gasteiger partial charge in [0.05, 0.1) is 0 Å². The molecule has 1 aliphatic rings. The average Bonchev–Trinajstić information content (AvgIpc) is 2.71. The Hall–Kier alpha value is -0.740. The van der Waals surface area contributed by atoms with E-state index in [9.17, 15) is 9.18 Å². The van der Waals surface area contributed by atoms with Gasteiger partial charge in [0.2, 0.25) is 5.91 Å². The van der Waals surface area contributed by atoms with Gasteiger partial charge in [0.1, 0.15) is 5.82 Å². The fourth-order valence-electron chi connectivity index (χ4n) is 2.38. The van der Waals surface area contributed by atoms with E-state index in [4.69, 9.17) is 11.6 Å². The first-order valence-electron chi connectivity index (χ1n) is 6.92. The van der Waals surface area contributed by atoms with Gasteiger partial charge >= 0.3 is 0 Å². The lowest BCUT2D eigenvalue weighted by molar-refractivity contribution is -0.130. The molecule has 1 saturated heterocycles. The van der Waals surface area contributed by atoms with E-state index in [-0.39, 0.29) is 17.0 Å². The molecule has 0 spiro atoms. The lowest BCUT2D eigenvalue weighted by atomic mass is 10.1. The highest BCUT2D eigenvalue weighted by Crippen LogP contribution is 2.35. The molecule has 1 aromatic carbocycles. The molecule has 0 saturated carbocycles. The van der Waals surface area contributed by atoms with E-state index in [0.29, 0.717) is 18.8 Å². The zero-order chi connectivity index (χ0) is 14.4. The van der Waals surface area contributed by atoms with Gasteiger partial charge in [0.15, 0.2) is 0 Å². The molecule has 0 aliphatic carbocycles. The summed E-state index contributed by atoms with van der Waals surface area (Å²) in [6, 6.07) is 6.93. The second-order valence-corrected chi connectivity index (χ2v) is 6.53. The van der Waals surface area contributed by atoms with Crippen molar-refractivity contribution in [3.05, 3.63) is 35.6 Å². The third-order valence-corrected chi connectivity index (χ3v) is 5.05. The predicted molar refractivity (Wildman–Crippen MR) is 82.8 cm³/mol. The van der Waals surface area contributed by atoms with Crippen molar-refractivity contribution in [3.8, 4) is 0 Å². The molecular weight excluding hydrogens is 297 g/mol. The van der Waals surface area contributed by atoms with Crippen molar-refractivity contribution >= 4 is 29.3 Å². The number of hydrogen-bond acceptors (Lipinski definition) is 2. The lowest BCUT2D eigenvalue weighted by Crippen LogP contribution is -2.32. The summed E-state index contributed by atoms with van der Waals surface area (Å²) >= 11 is 7.36. The fraction of sp³-hybridized carbons (Fsp3) is 0.533. The Morgan fingerprint density at radius 3 is 2.95 bits per heavy atom. The minimum atomic E-state index is -0.146. The topological polar surface area (TPSA) is 20.3 Å². The molecular formula is C15H19ClFNOS. The Morgan fingerprint density at radius 1 is 1.40 bits per heavy atom. The maximum atomic E-state index is 13.8. The summed E-state index contributed by atoms with van der Waals surface area (Å²) in [7, 11) is 0. The average molecular weight is 316 g/mol. The molecule has 0 radical (unpaired) electrons. The number of benzene rings is 1. The highest BCUT2D eigenvalue weighted by Gasteiger charge is 2.23. The molecule has 1 fully saturated rings. The summed E-state index contributed by atoms with van der Waals surface area (Å²) in [5.74, 6) is 1.39. The van der Waals surface area contributed by atoms with E-state index < -0.39 is 0 Å². The first-order chi connectivity index (χ1) is 9.72. The SMILES string of the molecule is O=C(CCCCl)N1CCSC(c2ccccc2F)CC1. The molecule has 1 amide bonds. The van der Waals surface area contributed by atoms with Crippen molar-refractivity contribution in [3.63, 3.8) is 0 Å². The Kier molecular flexibility index (Phi) is 6.17. The molecule has 0 N–H and O–H groups in total. The number of amides is 1. The molecule has 0 bridgehead atoms. The van der Waals surface area contributed by atoms with Gasteiger partial charge in [-0.1, -0.05) is 18.2 Å². The van der Waals surface area contributed by atoms with Crippen LogP contribution in [-0.2, 0) is 4.79 Å². The molecule has 1 atom stereocenters. The maximum absolute atomic E-state index is 13.8. The summed E-state index contributed by atoms with van der Waals surface area (Å²) in [6.07, 6.45) is 2.04. The van der Waals surface area contributed by atoms with Gasteiger partial charge < -0.3 is 4.90 Å². The van der Waals surface area contributed by atoms with Gasteiger partial charge in [-0.25, -0.2) is 4.39 Å². The van der Waals surface area contributed by atoms with Crippen LogP contribution in [0.15, 0.2) is 24.3 Å². The second kappa shape index (κ2) is 7.89. The van der Waals surface area contributed by atoms with Crippen molar-refractivity contribution < 1.29 is 9.18 Å². The number of hydrogen-bond donors (Lipinski definition) is 0. The predicted octanol–water partition coefficient (Wildman–Crippen LogP) is 3.85. The van der Waals surface area contributed by atoms with Crippen LogP contribution in [-0.4, -0.2) is 35.5 Å². The first kappa shape index (κ1) is 15.6. The van der Waals surface area contributed by atoms with Gasteiger partial charge in [-0.3, -0.25) is 4.79 Å². The summed E-state index contributed by atoms with van der Waals surface area (Å²) < 4.78 is 13.8. The van der Waals surface area contributed by atoms with Crippen molar-refractivity contribution in [1.82, 2.24) is 4.90 Å². The summed E-state index contributed by atoms with van der Waals surface area (Å²) in [4.78, 5) is 13.9. The van der Waals surface area contributed by atoms with Crippen LogP contribution in [0.1, 0.15) is 30.1 Å². The van der Waals surface area contributed by atoms with Gasteiger partial charge in [-0.05, 0) is 18.9 Å². The molecule has 0 aromatic heterocycles. The molecule has 1 aromatic rings. The standard InChI is InChI=1S/C15H19ClFNOS/c16-8-3-6-15(19)18-9-7-14(20-11-10-18)12-4-1-2-5-13(12)17/h1-2,4-5,14H,3,6-11H2. The maximum Gasteiger partial charge on any atom is 0.222 e. The van der Waals surface area contributed by atoms with E-state index in [0.717, 1.165) is 30.7 Å². The first-order valence-corrected chi connectivity index (χ1v) is 8.50. The van der Waals surface area contributed by atoms with Crippen LogP contribution < -0.4 is 0 Å². The third-order valence-electron chi connectivity index (χ3n) is 3.47. The van der Waals surface area contributed by atoms with Crippen LogP contribution in [0.3, 0.4) is 0 Å². The van der Waals surface area contributed by atoms with Crippen molar-refractivity contribution in [2.75, 3.05) is 24.7 Å². The van der Waals surface area contributed by atoms with Gasteiger partial charge in [-0.15, -0.1) is 11.6 Å². The van der Waals surface area contributed by atoms with Gasteiger partial charge in [0.25, 0.3) is 0 Å². The quantitative estimate of drug-likeness (QED) is 0.787. The van der Waals surface area contributed by atoms with Crippen LogP contribution in [0.2, 0.25) is 0 Å². The smallest absolute Gasteiger partial charge is 0.222 e. The third kappa shape index (κ3) is 4.13. The number of alkyl halides is 1. The van der Waals surface area contributed by atoms with E-state index >= 15 is 0 Å². The molecule has 2 nitrogen and oxygen atoms in total. The lowest BCUT2D eigenvalue weighted by Gasteiger charge is -2.20. The Morgan fingerprint density at radius 2 is 2.20 bits per heavy atom. The van der Waals surface area contributed by atoms with Gasteiger partial charge in [-0.2, -0.15) is 11.8 Å². The second-order valence-electron chi connectivity index (χ2n) is 4.84. The number of carbonyl (C=O) groups excluding carboxylic acids is 1. The molecule has 2 rings (SSSR count). The normalized spacial score (nSPS) is 19.7. The van der Waals surface area contributed by atoms with Crippen molar-refractivity contribution in [2.24, 2.45) is 0 Å². The van der Waals surface area contributed by atoms with Crippen LogP contribution in [0, 0.1) is 5.82 Å². The Bertz CT molecular complexity index is 457.